The summed E-state index contributed by atoms with van der Waals surface area (Å²) in [5.41, 5.74) is 3.19. The van der Waals surface area contributed by atoms with Crippen LogP contribution in [-0.2, 0) is 27.7 Å². The standard InChI is InChI=1S/C23H24N2O3S/c1-29(27,28)25-21-15-9-8-14-20(21)17-23(26)24-22(19-12-6-3-7-13-19)16-18-10-4-2-5-11-18/h2-15,22,25H,16-17H2,1H3,(H,24,26). The third-order valence-corrected chi connectivity index (χ3v) is 5.07. The first-order valence-electron chi connectivity index (χ1n) is 9.34. The molecule has 150 valence electrons. The number of nitrogens with one attached hydrogen (secondary N) is 2. The Labute approximate surface area is 171 Å². The summed E-state index contributed by atoms with van der Waals surface area (Å²) in [7, 11) is -3.42. The smallest absolute Gasteiger partial charge is 0.229 e. The zero-order valence-corrected chi connectivity index (χ0v) is 17.0. The summed E-state index contributed by atoms with van der Waals surface area (Å²) in [6.07, 6.45) is 1.84. The van der Waals surface area contributed by atoms with Crippen LogP contribution in [0.1, 0.15) is 22.7 Å². The molecule has 0 spiro atoms. The minimum atomic E-state index is -3.42. The van der Waals surface area contributed by atoms with E-state index in [9.17, 15) is 13.2 Å². The van der Waals surface area contributed by atoms with Gasteiger partial charge in [-0.3, -0.25) is 9.52 Å². The largest absolute Gasteiger partial charge is 0.349 e. The lowest BCUT2D eigenvalue weighted by Crippen LogP contribution is -2.31. The van der Waals surface area contributed by atoms with E-state index in [0.717, 1.165) is 17.4 Å². The molecular formula is C23H24N2O3S. The first-order chi connectivity index (χ1) is 13.9. The fourth-order valence-electron chi connectivity index (χ4n) is 3.18. The number of amides is 1. The molecule has 6 heteroatoms. The van der Waals surface area contributed by atoms with Crippen molar-refractivity contribution in [3.8, 4) is 0 Å². The highest BCUT2D eigenvalue weighted by atomic mass is 32.2. The number of hydrogen-bond donors (Lipinski definition) is 2. The Kier molecular flexibility index (Phi) is 6.67. The molecule has 0 aliphatic carbocycles. The molecule has 0 saturated heterocycles. The van der Waals surface area contributed by atoms with Gasteiger partial charge in [0, 0.05) is 0 Å². The zero-order valence-electron chi connectivity index (χ0n) is 16.2. The van der Waals surface area contributed by atoms with E-state index in [-0.39, 0.29) is 18.4 Å². The zero-order chi connectivity index (χ0) is 20.7. The molecule has 0 aliphatic rings. The van der Waals surface area contributed by atoms with Crippen LogP contribution in [0, 0.1) is 0 Å². The quantitative estimate of drug-likeness (QED) is 0.597. The Bertz CT molecular complexity index is 1050. The lowest BCUT2D eigenvalue weighted by atomic mass is 9.98. The highest BCUT2D eigenvalue weighted by molar-refractivity contribution is 7.92. The Morgan fingerprint density at radius 3 is 2.10 bits per heavy atom. The second-order valence-corrected chi connectivity index (χ2v) is 8.68. The van der Waals surface area contributed by atoms with Gasteiger partial charge in [0.25, 0.3) is 0 Å². The second-order valence-electron chi connectivity index (χ2n) is 6.93. The van der Waals surface area contributed by atoms with E-state index < -0.39 is 10.0 Å². The van der Waals surface area contributed by atoms with Crippen LogP contribution in [0.15, 0.2) is 84.9 Å². The lowest BCUT2D eigenvalue weighted by molar-refractivity contribution is -0.121. The molecule has 0 radical (unpaired) electrons. The van der Waals surface area contributed by atoms with E-state index >= 15 is 0 Å². The van der Waals surface area contributed by atoms with E-state index in [0.29, 0.717) is 17.7 Å². The van der Waals surface area contributed by atoms with Gasteiger partial charge in [-0.15, -0.1) is 0 Å². The Balaban J connectivity index is 1.77. The molecule has 0 heterocycles. The third-order valence-electron chi connectivity index (χ3n) is 4.48. The van der Waals surface area contributed by atoms with Crippen molar-refractivity contribution < 1.29 is 13.2 Å². The summed E-state index contributed by atoms with van der Waals surface area (Å²) >= 11 is 0. The van der Waals surface area contributed by atoms with Gasteiger partial charge in [-0.05, 0) is 29.2 Å². The molecule has 1 atom stereocenters. The summed E-state index contributed by atoms with van der Waals surface area (Å²) in [6.45, 7) is 0. The molecule has 2 N–H and O–H groups in total. The van der Waals surface area contributed by atoms with Gasteiger partial charge < -0.3 is 5.32 Å². The average molecular weight is 409 g/mol. The van der Waals surface area contributed by atoms with E-state index in [1.807, 2.05) is 60.7 Å². The van der Waals surface area contributed by atoms with Crippen molar-refractivity contribution >= 4 is 21.6 Å². The first kappa shape index (κ1) is 20.6. The maximum atomic E-state index is 12.8. The Hall–Kier alpha value is -3.12. The molecule has 0 aliphatic heterocycles. The predicted octanol–water partition coefficient (Wildman–Crippen LogP) is 3.70. The third kappa shape index (κ3) is 6.47. The Morgan fingerprint density at radius 1 is 0.862 bits per heavy atom. The number of hydrogen-bond acceptors (Lipinski definition) is 3. The summed E-state index contributed by atoms with van der Waals surface area (Å²) in [5.74, 6) is -0.169. The van der Waals surface area contributed by atoms with Crippen LogP contribution in [0.4, 0.5) is 5.69 Å². The first-order valence-corrected chi connectivity index (χ1v) is 11.2. The Morgan fingerprint density at radius 2 is 1.45 bits per heavy atom. The van der Waals surface area contributed by atoms with Crippen molar-refractivity contribution in [3.63, 3.8) is 0 Å². The maximum absolute atomic E-state index is 12.8. The molecule has 5 nitrogen and oxygen atoms in total. The van der Waals surface area contributed by atoms with Gasteiger partial charge in [0.15, 0.2) is 0 Å². The van der Waals surface area contributed by atoms with Crippen molar-refractivity contribution in [2.45, 2.75) is 18.9 Å². The summed E-state index contributed by atoms with van der Waals surface area (Å²) in [6, 6.07) is 26.6. The molecule has 0 fully saturated rings. The van der Waals surface area contributed by atoms with Crippen molar-refractivity contribution in [2.24, 2.45) is 0 Å². The fourth-order valence-corrected chi connectivity index (χ4v) is 3.78. The van der Waals surface area contributed by atoms with Gasteiger partial charge in [0.05, 0.1) is 24.4 Å². The lowest BCUT2D eigenvalue weighted by Gasteiger charge is -2.20. The molecule has 1 unspecified atom stereocenters. The molecule has 0 aromatic heterocycles. The summed E-state index contributed by atoms with van der Waals surface area (Å²) in [4.78, 5) is 12.8. The number of benzene rings is 3. The fraction of sp³-hybridized carbons (Fsp3) is 0.174. The van der Waals surface area contributed by atoms with E-state index in [1.165, 1.54) is 0 Å². The summed E-state index contributed by atoms with van der Waals surface area (Å²) < 4.78 is 25.7. The van der Waals surface area contributed by atoms with Gasteiger partial charge in [-0.25, -0.2) is 8.42 Å². The van der Waals surface area contributed by atoms with Gasteiger partial charge in [-0.2, -0.15) is 0 Å². The number of anilines is 1. The van der Waals surface area contributed by atoms with Crippen molar-refractivity contribution in [1.82, 2.24) is 5.32 Å². The van der Waals surface area contributed by atoms with Crippen LogP contribution < -0.4 is 10.0 Å². The predicted molar refractivity (Wildman–Crippen MR) is 116 cm³/mol. The van der Waals surface area contributed by atoms with E-state index in [4.69, 9.17) is 0 Å². The number of carbonyl (C=O) groups is 1. The molecule has 3 aromatic rings. The SMILES string of the molecule is CS(=O)(=O)Nc1ccccc1CC(=O)NC(Cc1ccccc1)c1ccccc1. The number of para-hydroxylation sites is 1. The second kappa shape index (κ2) is 9.39. The van der Waals surface area contributed by atoms with Crippen LogP contribution >= 0.6 is 0 Å². The van der Waals surface area contributed by atoms with Gasteiger partial charge in [0.2, 0.25) is 15.9 Å². The molecular weight excluding hydrogens is 384 g/mol. The van der Waals surface area contributed by atoms with Gasteiger partial charge >= 0.3 is 0 Å². The number of sulfonamides is 1. The molecule has 29 heavy (non-hydrogen) atoms. The van der Waals surface area contributed by atoms with Crippen molar-refractivity contribution in [1.29, 1.82) is 0 Å². The van der Waals surface area contributed by atoms with E-state index in [2.05, 4.69) is 10.0 Å². The molecule has 0 saturated carbocycles. The molecule has 0 bridgehead atoms. The van der Waals surface area contributed by atoms with Gasteiger partial charge in [0.1, 0.15) is 0 Å². The number of rotatable bonds is 8. The van der Waals surface area contributed by atoms with Crippen LogP contribution in [0.3, 0.4) is 0 Å². The minimum Gasteiger partial charge on any atom is -0.349 e. The van der Waals surface area contributed by atoms with Gasteiger partial charge in [-0.1, -0.05) is 78.9 Å². The van der Waals surface area contributed by atoms with Crippen LogP contribution in [0.5, 0.6) is 0 Å². The highest BCUT2D eigenvalue weighted by Gasteiger charge is 2.17. The van der Waals surface area contributed by atoms with Crippen LogP contribution in [-0.4, -0.2) is 20.6 Å². The topological polar surface area (TPSA) is 75.3 Å². The normalized spacial score (nSPS) is 12.2. The minimum absolute atomic E-state index is 0.0802. The molecule has 3 aromatic carbocycles. The van der Waals surface area contributed by atoms with Crippen molar-refractivity contribution in [3.05, 3.63) is 102 Å². The average Bonchev–Trinajstić information content (AvgIpc) is 2.69. The van der Waals surface area contributed by atoms with Crippen molar-refractivity contribution in [2.75, 3.05) is 11.0 Å². The molecule has 1 amide bonds. The summed E-state index contributed by atoms with van der Waals surface area (Å²) in [5, 5.41) is 3.10. The van der Waals surface area contributed by atoms with Crippen LogP contribution in [0.25, 0.3) is 0 Å². The van der Waals surface area contributed by atoms with E-state index in [1.54, 1.807) is 24.3 Å². The number of carbonyl (C=O) groups excluding carboxylic acids is 1. The maximum Gasteiger partial charge on any atom is 0.229 e. The van der Waals surface area contributed by atoms with Crippen LogP contribution in [0.2, 0.25) is 0 Å². The molecule has 3 rings (SSSR count). The monoisotopic (exact) mass is 408 g/mol. The highest BCUT2D eigenvalue weighted by Crippen LogP contribution is 2.20.